The number of hydrogen-bond donors (Lipinski definition) is 1. The van der Waals surface area contributed by atoms with Crippen LogP contribution < -0.4 is 0 Å². The van der Waals surface area contributed by atoms with E-state index in [1.807, 2.05) is 27.7 Å². The fourth-order valence-corrected chi connectivity index (χ4v) is 0.531. The molecule has 2 radical (unpaired) electrons. The van der Waals surface area contributed by atoms with E-state index >= 15 is 0 Å². The van der Waals surface area contributed by atoms with Gasteiger partial charge >= 0.3 is 0 Å². The number of aliphatic hydroxyl groups is 1. The average molecular weight is 198 g/mol. The standard InChI is InChI=1S/C9H20B2O3/c1-7(2)13-10-11-14-9(5,6)8(3,4)12/h7,12H,1-6H3. The van der Waals surface area contributed by atoms with E-state index in [0.29, 0.717) is 0 Å². The molecule has 0 aliphatic carbocycles. The molecule has 0 fully saturated rings. The van der Waals surface area contributed by atoms with Crippen LogP contribution in [0.1, 0.15) is 41.5 Å². The Morgan fingerprint density at radius 2 is 1.57 bits per heavy atom. The molecule has 5 heteroatoms. The minimum Gasteiger partial charge on any atom is -0.446 e. The molecule has 0 aliphatic heterocycles. The number of rotatable bonds is 6. The molecule has 0 heterocycles. The van der Waals surface area contributed by atoms with Crippen molar-refractivity contribution in [3.63, 3.8) is 0 Å². The van der Waals surface area contributed by atoms with Crippen LogP contribution in [-0.2, 0) is 9.31 Å². The van der Waals surface area contributed by atoms with E-state index in [4.69, 9.17) is 9.31 Å². The summed E-state index contributed by atoms with van der Waals surface area (Å²) in [6, 6.07) is 0. The Hall–Kier alpha value is 0.00987. The summed E-state index contributed by atoms with van der Waals surface area (Å²) in [5.74, 6) is 0. The predicted molar refractivity (Wildman–Crippen MR) is 59.2 cm³/mol. The van der Waals surface area contributed by atoms with Gasteiger partial charge < -0.3 is 14.4 Å². The zero-order valence-electron chi connectivity index (χ0n) is 10.00. The van der Waals surface area contributed by atoms with Crippen LogP contribution in [0, 0.1) is 0 Å². The zero-order valence-corrected chi connectivity index (χ0v) is 10.00. The Labute approximate surface area is 88.7 Å². The number of hydrogen-bond acceptors (Lipinski definition) is 3. The lowest BCUT2D eigenvalue weighted by molar-refractivity contribution is -0.0890. The molecule has 0 saturated carbocycles. The second kappa shape index (κ2) is 5.19. The molecule has 0 aliphatic rings. The summed E-state index contributed by atoms with van der Waals surface area (Å²) in [4.78, 5) is 0. The van der Waals surface area contributed by atoms with Gasteiger partial charge in [0.05, 0.1) is 11.2 Å². The van der Waals surface area contributed by atoms with E-state index < -0.39 is 11.2 Å². The van der Waals surface area contributed by atoms with Crippen molar-refractivity contribution < 1.29 is 14.4 Å². The molecule has 0 atom stereocenters. The molecule has 0 bridgehead atoms. The topological polar surface area (TPSA) is 38.7 Å². The van der Waals surface area contributed by atoms with Crippen molar-refractivity contribution in [1.29, 1.82) is 0 Å². The van der Waals surface area contributed by atoms with Crippen LogP contribution in [0.3, 0.4) is 0 Å². The fraction of sp³-hybridized carbons (Fsp3) is 1.00. The summed E-state index contributed by atoms with van der Waals surface area (Å²) in [5, 5.41) is 9.75. The summed E-state index contributed by atoms with van der Waals surface area (Å²) in [5.41, 5.74) is -1.53. The third kappa shape index (κ3) is 5.03. The van der Waals surface area contributed by atoms with Crippen molar-refractivity contribution >= 4 is 14.7 Å². The molecule has 0 saturated heterocycles. The van der Waals surface area contributed by atoms with Gasteiger partial charge in [-0.2, -0.15) is 0 Å². The molecule has 0 amide bonds. The molecule has 1 N–H and O–H groups in total. The first-order chi connectivity index (χ1) is 6.17. The molecule has 0 aromatic heterocycles. The van der Waals surface area contributed by atoms with Crippen LogP contribution in [0.5, 0.6) is 0 Å². The quantitative estimate of drug-likeness (QED) is 0.513. The highest BCUT2D eigenvalue weighted by Crippen LogP contribution is 2.23. The third-order valence-corrected chi connectivity index (χ3v) is 2.24. The Kier molecular flexibility index (Phi) is 5.20. The maximum absolute atomic E-state index is 9.75. The van der Waals surface area contributed by atoms with Gasteiger partial charge in [-0.1, -0.05) is 0 Å². The first kappa shape index (κ1) is 14.0. The van der Waals surface area contributed by atoms with E-state index in [-0.39, 0.29) is 6.10 Å². The van der Waals surface area contributed by atoms with Crippen LogP contribution in [0.2, 0.25) is 0 Å². The van der Waals surface area contributed by atoms with Gasteiger partial charge in [0.15, 0.2) is 0 Å². The van der Waals surface area contributed by atoms with Gasteiger partial charge in [-0.3, -0.25) is 0 Å². The van der Waals surface area contributed by atoms with Crippen molar-refractivity contribution in [2.75, 3.05) is 0 Å². The van der Waals surface area contributed by atoms with Gasteiger partial charge in [-0.15, -0.1) is 0 Å². The molecular weight excluding hydrogens is 178 g/mol. The van der Waals surface area contributed by atoms with Crippen LogP contribution in [0.25, 0.3) is 0 Å². The SMILES string of the molecule is CC(C)O[B][B]OC(C)(C)C(C)(C)O. The Bertz CT molecular complexity index is 164. The largest absolute Gasteiger partial charge is 0.446 e. The summed E-state index contributed by atoms with van der Waals surface area (Å²) in [6.45, 7) is 10.9. The summed E-state index contributed by atoms with van der Waals surface area (Å²) < 4.78 is 10.6. The fourth-order valence-electron chi connectivity index (χ4n) is 0.531. The molecule has 0 spiro atoms. The van der Waals surface area contributed by atoms with Crippen LogP contribution in [0.4, 0.5) is 0 Å². The van der Waals surface area contributed by atoms with Gasteiger partial charge in [0, 0.05) is 6.10 Å². The van der Waals surface area contributed by atoms with Gasteiger partial charge in [-0.05, 0) is 41.5 Å². The second-order valence-corrected chi connectivity index (χ2v) is 4.64. The maximum atomic E-state index is 9.75. The minimum absolute atomic E-state index is 0.139. The normalized spacial score (nSPS) is 13.1. The van der Waals surface area contributed by atoms with Crippen molar-refractivity contribution in [3.8, 4) is 0 Å². The van der Waals surface area contributed by atoms with Crippen LogP contribution in [0.15, 0.2) is 0 Å². The Morgan fingerprint density at radius 3 is 1.93 bits per heavy atom. The monoisotopic (exact) mass is 198 g/mol. The lowest BCUT2D eigenvalue weighted by atomic mass is 9.63. The molecule has 0 aromatic rings. The van der Waals surface area contributed by atoms with Crippen LogP contribution in [-0.4, -0.2) is 37.2 Å². The second-order valence-electron chi connectivity index (χ2n) is 4.64. The first-order valence-corrected chi connectivity index (χ1v) is 4.87. The molecular formula is C9H20B2O3. The van der Waals surface area contributed by atoms with E-state index in [1.165, 1.54) is 14.7 Å². The first-order valence-electron chi connectivity index (χ1n) is 4.87. The third-order valence-electron chi connectivity index (χ3n) is 2.24. The van der Waals surface area contributed by atoms with E-state index in [0.717, 1.165) is 0 Å². The molecule has 0 rings (SSSR count). The minimum atomic E-state index is -0.894. The summed E-state index contributed by atoms with van der Waals surface area (Å²) in [7, 11) is 2.97. The summed E-state index contributed by atoms with van der Waals surface area (Å²) >= 11 is 0. The van der Waals surface area contributed by atoms with Gasteiger partial charge in [0.25, 0.3) is 14.7 Å². The van der Waals surface area contributed by atoms with E-state index in [1.54, 1.807) is 13.8 Å². The lowest BCUT2D eigenvalue weighted by Gasteiger charge is -2.37. The average Bonchev–Trinajstić information content (AvgIpc) is 1.95. The zero-order chi connectivity index (χ0) is 11.4. The molecule has 14 heavy (non-hydrogen) atoms. The highest BCUT2D eigenvalue weighted by molar-refractivity contribution is 6.93. The predicted octanol–water partition coefficient (Wildman–Crippen LogP) is 1.13. The van der Waals surface area contributed by atoms with Gasteiger partial charge in [-0.25, -0.2) is 0 Å². The highest BCUT2D eigenvalue weighted by atomic mass is 16.5. The van der Waals surface area contributed by atoms with E-state index in [9.17, 15) is 5.11 Å². The Balaban J connectivity index is 3.78. The van der Waals surface area contributed by atoms with E-state index in [2.05, 4.69) is 0 Å². The Morgan fingerprint density at radius 1 is 1.07 bits per heavy atom. The van der Waals surface area contributed by atoms with Crippen molar-refractivity contribution in [3.05, 3.63) is 0 Å². The van der Waals surface area contributed by atoms with Crippen LogP contribution >= 0.6 is 0 Å². The molecule has 0 aromatic carbocycles. The maximum Gasteiger partial charge on any atom is 0.283 e. The highest BCUT2D eigenvalue weighted by Gasteiger charge is 2.35. The molecule has 0 unspecified atom stereocenters. The van der Waals surface area contributed by atoms with Crippen molar-refractivity contribution in [2.45, 2.75) is 58.8 Å². The van der Waals surface area contributed by atoms with Gasteiger partial charge in [0.1, 0.15) is 0 Å². The molecule has 3 nitrogen and oxygen atoms in total. The van der Waals surface area contributed by atoms with Crippen molar-refractivity contribution in [2.24, 2.45) is 0 Å². The lowest BCUT2D eigenvalue weighted by Crippen LogP contribution is -2.48. The van der Waals surface area contributed by atoms with Gasteiger partial charge in [0.2, 0.25) is 0 Å². The molecule has 80 valence electrons. The van der Waals surface area contributed by atoms with Crippen molar-refractivity contribution in [1.82, 2.24) is 0 Å². The summed E-state index contributed by atoms with van der Waals surface area (Å²) in [6.07, 6.45) is 0.139. The smallest absolute Gasteiger partial charge is 0.283 e.